The third kappa shape index (κ3) is 5.38. The molecule has 13 rings (SSSR count). The van der Waals surface area contributed by atoms with E-state index in [0.717, 1.165) is 0 Å². The van der Waals surface area contributed by atoms with Gasteiger partial charge in [-0.1, -0.05) is 170 Å². The number of hydrogen-bond donors (Lipinski definition) is 0. The smallest absolute Gasteiger partial charge is 0.0434 e. The van der Waals surface area contributed by atoms with Crippen molar-refractivity contribution >= 4 is 96.1 Å². The van der Waals surface area contributed by atoms with Crippen LogP contribution in [0.5, 0.6) is 0 Å². The van der Waals surface area contributed by atoms with E-state index < -0.39 is 0 Å². The normalized spacial score (nSPS) is 11.9. The van der Waals surface area contributed by atoms with Crippen molar-refractivity contribution in [2.45, 2.75) is 0 Å². The van der Waals surface area contributed by atoms with Crippen LogP contribution < -0.4 is 0 Å². The van der Waals surface area contributed by atoms with E-state index in [1.807, 2.05) is 11.3 Å². The van der Waals surface area contributed by atoms with Crippen molar-refractivity contribution in [3.8, 4) is 44.5 Å². The zero-order chi connectivity index (χ0) is 40.0. The molecule has 0 amide bonds. The number of rotatable bonds is 4. The molecule has 0 saturated heterocycles. The summed E-state index contributed by atoms with van der Waals surface area (Å²) < 4.78 is 2.60. The Kier molecular flexibility index (Phi) is 7.58. The molecule has 282 valence electrons. The Morgan fingerprint density at radius 1 is 0.213 bits per heavy atom. The first-order chi connectivity index (χ1) is 30.2. The molecule has 13 aromatic rings. The highest BCUT2D eigenvalue weighted by atomic mass is 32.1. The van der Waals surface area contributed by atoms with Gasteiger partial charge in [0.25, 0.3) is 0 Å². The Bertz CT molecular complexity index is 3940. The lowest BCUT2D eigenvalue weighted by Gasteiger charge is -2.15. The van der Waals surface area contributed by atoms with E-state index in [9.17, 15) is 0 Å². The lowest BCUT2D eigenvalue weighted by Crippen LogP contribution is -1.88. The quantitative estimate of drug-likeness (QED) is 0.156. The SMILES string of the molecule is c1cc(-c2cc3ccccc3c3ccccc23)cc(-c2cc(-c3cc4ccccc4c4ccccc34)cc3c2sc2ccc(-c4cc5ccccc5c5ccccc45)cc23)c1. The highest BCUT2D eigenvalue weighted by Crippen LogP contribution is 2.47. The second-order valence-corrected chi connectivity index (χ2v) is 17.4. The van der Waals surface area contributed by atoms with Gasteiger partial charge in [0.1, 0.15) is 0 Å². The summed E-state index contributed by atoms with van der Waals surface area (Å²) in [6, 6.07) is 81.5. The molecule has 0 radical (unpaired) electrons. The molecule has 1 heterocycles. The number of hydrogen-bond acceptors (Lipinski definition) is 1. The van der Waals surface area contributed by atoms with Gasteiger partial charge in [0, 0.05) is 25.7 Å². The molecule has 0 aliphatic heterocycles. The molecule has 0 N–H and O–H groups in total. The van der Waals surface area contributed by atoms with E-state index in [0.29, 0.717) is 0 Å². The Morgan fingerprint density at radius 2 is 0.607 bits per heavy atom. The summed E-state index contributed by atoms with van der Waals surface area (Å²) in [5.41, 5.74) is 9.95. The summed E-state index contributed by atoms with van der Waals surface area (Å²) >= 11 is 1.91. The average Bonchev–Trinajstić information content (AvgIpc) is 3.71. The summed E-state index contributed by atoms with van der Waals surface area (Å²) in [6.07, 6.45) is 0. The van der Waals surface area contributed by atoms with Crippen LogP contribution in [0, 0.1) is 0 Å². The predicted molar refractivity (Wildman–Crippen MR) is 266 cm³/mol. The Labute approximate surface area is 357 Å². The van der Waals surface area contributed by atoms with Crippen molar-refractivity contribution in [1.29, 1.82) is 0 Å². The van der Waals surface area contributed by atoms with Crippen molar-refractivity contribution in [3.63, 3.8) is 0 Å². The maximum absolute atomic E-state index is 2.47. The molecule has 0 aliphatic rings. The molecular weight excluding hydrogens is 753 g/mol. The fraction of sp³-hybridized carbons (Fsp3) is 0. The van der Waals surface area contributed by atoms with Gasteiger partial charge >= 0.3 is 0 Å². The van der Waals surface area contributed by atoms with E-state index in [-0.39, 0.29) is 0 Å². The first-order valence-electron chi connectivity index (χ1n) is 21.1. The van der Waals surface area contributed by atoms with Crippen LogP contribution in [0.4, 0.5) is 0 Å². The van der Waals surface area contributed by atoms with Crippen LogP contribution >= 0.6 is 11.3 Å². The summed E-state index contributed by atoms with van der Waals surface area (Å²) in [5, 5.41) is 17.9. The molecular formula is C60H36S. The zero-order valence-corrected chi connectivity index (χ0v) is 34.0. The van der Waals surface area contributed by atoms with Crippen LogP contribution in [-0.2, 0) is 0 Å². The minimum atomic E-state index is 1.22. The van der Waals surface area contributed by atoms with Crippen LogP contribution in [0.25, 0.3) is 129 Å². The molecule has 0 bridgehead atoms. The zero-order valence-electron chi connectivity index (χ0n) is 33.2. The third-order valence-corrected chi connectivity index (χ3v) is 14.2. The van der Waals surface area contributed by atoms with E-state index in [4.69, 9.17) is 0 Å². The maximum atomic E-state index is 2.47. The summed E-state index contributed by atoms with van der Waals surface area (Å²) in [5.74, 6) is 0. The van der Waals surface area contributed by atoms with Crippen LogP contribution in [-0.4, -0.2) is 0 Å². The van der Waals surface area contributed by atoms with Crippen LogP contribution in [0.2, 0.25) is 0 Å². The largest absolute Gasteiger partial charge is 0.135 e. The molecule has 12 aromatic carbocycles. The molecule has 1 heteroatoms. The van der Waals surface area contributed by atoms with Crippen LogP contribution in [0.1, 0.15) is 0 Å². The lowest BCUT2D eigenvalue weighted by atomic mass is 9.89. The molecule has 0 aliphatic carbocycles. The molecule has 1 aromatic heterocycles. The Balaban J connectivity index is 1.09. The van der Waals surface area contributed by atoms with Gasteiger partial charge in [-0.05, 0) is 152 Å². The number of thiophene rings is 1. The summed E-state index contributed by atoms with van der Waals surface area (Å²) in [6.45, 7) is 0. The van der Waals surface area contributed by atoms with Crippen molar-refractivity contribution < 1.29 is 0 Å². The molecule has 0 unspecified atom stereocenters. The van der Waals surface area contributed by atoms with Gasteiger partial charge in [0.2, 0.25) is 0 Å². The fourth-order valence-corrected chi connectivity index (χ4v) is 11.3. The minimum absolute atomic E-state index is 1.22. The molecule has 0 fully saturated rings. The highest BCUT2D eigenvalue weighted by Gasteiger charge is 2.19. The Morgan fingerprint density at radius 3 is 1.11 bits per heavy atom. The third-order valence-electron chi connectivity index (χ3n) is 13.0. The minimum Gasteiger partial charge on any atom is -0.135 e. The monoisotopic (exact) mass is 788 g/mol. The van der Waals surface area contributed by atoms with Gasteiger partial charge in [-0.25, -0.2) is 0 Å². The first kappa shape index (κ1) is 34.3. The van der Waals surface area contributed by atoms with E-state index in [2.05, 4.69) is 218 Å². The highest BCUT2D eigenvalue weighted by molar-refractivity contribution is 7.26. The van der Waals surface area contributed by atoms with Crippen LogP contribution in [0.3, 0.4) is 0 Å². The average molecular weight is 789 g/mol. The second kappa shape index (κ2) is 13.5. The van der Waals surface area contributed by atoms with Crippen molar-refractivity contribution in [2.24, 2.45) is 0 Å². The van der Waals surface area contributed by atoms with Gasteiger partial charge in [-0.2, -0.15) is 0 Å². The van der Waals surface area contributed by atoms with Crippen molar-refractivity contribution in [1.82, 2.24) is 0 Å². The maximum Gasteiger partial charge on any atom is 0.0434 e. The van der Waals surface area contributed by atoms with Crippen molar-refractivity contribution in [2.75, 3.05) is 0 Å². The molecule has 0 atom stereocenters. The number of fused-ring (bicyclic) bond motifs is 12. The standard InChI is InChI=1S/C60H36S/c1-4-19-44-39(14-1)31-53(50-25-10-7-22-47(44)50)37-17-13-18-38(30-37)56-35-43(55-33-41-16-3-6-21-46(41)49-24-9-12-27-52(49)55)36-58-57-34-42(28-29-59(57)61-60(56)58)54-32-40-15-2-5-20-45(40)48-23-8-11-26-51(48)54/h1-36H. The van der Waals surface area contributed by atoms with Crippen molar-refractivity contribution in [3.05, 3.63) is 218 Å². The topological polar surface area (TPSA) is 0 Å². The molecule has 0 nitrogen and oxygen atoms in total. The van der Waals surface area contributed by atoms with Gasteiger partial charge in [-0.3, -0.25) is 0 Å². The first-order valence-corrected chi connectivity index (χ1v) is 21.9. The Hall–Kier alpha value is -7.58. The van der Waals surface area contributed by atoms with Gasteiger partial charge in [0.05, 0.1) is 0 Å². The summed E-state index contributed by atoms with van der Waals surface area (Å²) in [4.78, 5) is 0. The summed E-state index contributed by atoms with van der Waals surface area (Å²) in [7, 11) is 0. The second-order valence-electron chi connectivity index (χ2n) is 16.4. The fourth-order valence-electron chi connectivity index (χ4n) is 10.1. The molecule has 0 saturated carbocycles. The van der Waals surface area contributed by atoms with Gasteiger partial charge in [0.15, 0.2) is 0 Å². The predicted octanol–water partition coefficient (Wildman–Crippen LogP) is 17.6. The van der Waals surface area contributed by atoms with E-state index >= 15 is 0 Å². The van der Waals surface area contributed by atoms with Gasteiger partial charge in [-0.15, -0.1) is 11.3 Å². The molecule has 61 heavy (non-hydrogen) atoms. The lowest BCUT2D eigenvalue weighted by molar-refractivity contribution is 1.64. The number of benzene rings is 12. The van der Waals surface area contributed by atoms with Crippen LogP contribution in [0.15, 0.2) is 218 Å². The van der Waals surface area contributed by atoms with E-state index in [1.54, 1.807) is 0 Å². The van der Waals surface area contributed by atoms with Gasteiger partial charge < -0.3 is 0 Å². The molecule has 0 spiro atoms. The van der Waals surface area contributed by atoms with E-state index in [1.165, 1.54) is 129 Å².